The molecule has 0 aromatic rings. The summed E-state index contributed by atoms with van der Waals surface area (Å²) in [6, 6.07) is 0. The van der Waals surface area contributed by atoms with E-state index in [0.717, 1.165) is 5.92 Å². The highest BCUT2D eigenvalue weighted by Gasteiger charge is 2.27. The van der Waals surface area contributed by atoms with Gasteiger partial charge in [-0.2, -0.15) is 0 Å². The fourth-order valence-corrected chi connectivity index (χ4v) is 1.97. The van der Waals surface area contributed by atoms with Crippen LogP contribution in [0.25, 0.3) is 0 Å². The Bertz CT molecular complexity index is 96.2. The van der Waals surface area contributed by atoms with E-state index in [9.17, 15) is 0 Å². The number of terminal acetylenes is 1. The molecular weight excluding hydrogens is 144 g/mol. The van der Waals surface area contributed by atoms with E-state index in [2.05, 4.69) is 47.5 Å². The normalized spacial score (nSPS) is 10.7. The van der Waals surface area contributed by atoms with Crippen molar-refractivity contribution in [1.82, 2.24) is 0 Å². The van der Waals surface area contributed by atoms with Crippen LogP contribution in [0, 0.1) is 24.2 Å². The summed E-state index contributed by atoms with van der Waals surface area (Å²) in [6.45, 7) is 11.6. The van der Waals surface area contributed by atoms with Gasteiger partial charge < -0.3 is 0 Å². The Labute approximate surface area is 78.8 Å². The van der Waals surface area contributed by atoms with Crippen LogP contribution < -0.4 is 0 Å². The Morgan fingerprint density at radius 2 is 1.17 bits per heavy atom. The molecule has 0 bridgehead atoms. The van der Waals surface area contributed by atoms with Crippen molar-refractivity contribution >= 4 is 0 Å². The van der Waals surface area contributed by atoms with Gasteiger partial charge in [-0.25, -0.2) is 0 Å². The molecule has 0 aliphatic carbocycles. The quantitative estimate of drug-likeness (QED) is 0.554. The standard InChI is InChI=1S/C10H22.C2H2/c1-6-10(7-2,8-3)9(4)5;1-2/h9H,6-8H2,1-5H3;1-2H. The number of hydrogen-bond donors (Lipinski definition) is 0. The third-order valence-corrected chi connectivity index (χ3v) is 3.34. The molecule has 12 heavy (non-hydrogen) atoms. The van der Waals surface area contributed by atoms with E-state index in [-0.39, 0.29) is 0 Å². The monoisotopic (exact) mass is 168 g/mol. The summed E-state index contributed by atoms with van der Waals surface area (Å²) < 4.78 is 0. The molecular formula is C12H24. The topological polar surface area (TPSA) is 0 Å². The van der Waals surface area contributed by atoms with Crippen molar-refractivity contribution in [3.63, 3.8) is 0 Å². The van der Waals surface area contributed by atoms with Gasteiger partial charge in [0.1, 0.15) is 0 Å². The van der Waals surface area contributed by atoms with Crippen molar-refractivity contribution in [3.05, 3.63) is 0 Å². The van der Waals surface area contributed by atoms with E-state index < -0.39 is 0 Å². The maximum atomic E-state index is 4.00. The molecule has 0 nitrogen and oxygen atoms in total. The molecule has 0 rings (SSSR count). The van der Waals surface area contributed by atoms with E-state index >= 15 is 0 Å². The van der Waals surface area contributed by atoms with Gasteiger partial charge in [0.25, 0.3) is 0 Å². The van der Waals surface area contributed by atoms with Gasteiger partial charge in [0.15, 0.2) is 0 Å². The molecule has 0 aromatic carbocycles. The summed E-state index contributed by atoms with van der Waals surface area (Å²) in [5, 5.41) is 0. The van der Waals surface area contributed by atoms with E-state index in [1.807, 2.05) is 0 Å². The van der Waals surface area contributed by atoms with Crippen LogP contribution in [0.4, 0.5) is 0 Å². The Kier molecular flexibility index (Phi) is 8.49. The van der Waals surface area contributed by atoms with Crippen molar-refractivity contribution in [2.24, 2.45) is 11.3 Å². The third kappa shape index (κ3) is 3.30. The largest absolute Gasteiger partial charge is 0.124 e. The summed E-state index contributed by atoms with van der Waals surface area (Å²) >= 11 is 0. The summed E-state index contributed by atoms with van der Waals surface area (Å²) in [7, 11) is 0. The molecule has 72 valence electrons. The molecule has 0 aliphatic heterocycles. The average Bonchev–Trinajstić information content (AvgIpc) is 2.11. The van der Waals surface area contributed by atoms with Crippen LogP contribution >= 0.6 is 0 Å². The third-order valence-electron chi connectivity index (χ3n) is 3.34. The highest BCUT2D eigenvalue weighted by molar-refractivity contribution is 4.77. The van der Waals surface area contributed by atoms with Gasteiger partial charge in [0.2, 0.25) is 0 Å². The summed E-state index contributed by atoms with van der Waals surface area (Å²) in [5.74, 6) is 0.840. The molecule has 0 unspecified atom stereocenters. The second-order valence-corrected chi connectivity index (χ2v) is 3.58. The maximum Gasteiger partial charge on any atom is -0.0282 e. The molecule has 0 saturated carbocycles. The Morgan fingerprint density at radius 1 is 0.917 bits per heavy atom. The zero-order valence-electron chi connectivity index (χ0n) is 9.35. The van der Waals surface area contributed by atoms with Crippen LogP contribution in [0.15, 0.2) is 0 Å². The zero-order valence-corrected chi connectivity index (χ0v) is 9.35. The molecule has 0 atom stereocenters. The fourth-order valence-electron chi connectivity index (χ4n) is 1.97. The van der Waals surface area contributed by atoms with Crippen molar-refractivity contribution in [3.8, 4) is 12.8 Å². The fraction of sp³-hybridized carbons (Fsp3) is 0.833. The van der Waals surface area contributed by atoms with Gasteiger partial charge in [0.05, 0.1) is 0 Å². The predicted molar refractivity (Wildman–Crippen MR) is 58.0 cm³/mol. The molecule has 0 aliphatic rings. The van der Waals surface area contributed by atoms with Crippen molar-refractivity contribution in [1.29, 1.82) is 0 Å². The minimum absolute atomic E-state index is 0.625. The first-order valence-electron chi connectivity index (χ1n) is 4.96. The highest BCUT2D eigenvalue weighted by atomic mass is 14.3. The first kappa shape index (κ1) is 14.1. The lowest BCUT2D eigenvalue weighted by Gasteiger charge is -2.34. The molecule has 0 heterocycles. The Morgan fingerprint density at radius 3 is 1.17 bits per heavy atom. The SMILES string of the molecule is C#C.CCC(CC)(CC)C(C)C. The molecule has 0 spiro atoms. The van der Waals surface area contributed by atoms with Gasteiger partial charge in [-0.3, -0.25) is 0 Å². The first-order chi connectivity index (χ1) is 5.63. The molecule has 0 N–H and O–H groups in total. The van der Waals surface area contributed by atoms with Gasteiger partial charge in [-0.15, -0.1) is 12.8 Å². The second kappa shape index (κ2) is 7.22. The van der Waals surface area contributed by atoms with Gasteiger partial charge in [-0.05, 0) is 11.3 Å². The van der Waals surface area contributed by atoms with Gasteiger partial charge in [0, 0.05) is 0 Å². The smallest absolute Gasteiger partial charge is 0.0282 e. The van der Waals surface area contributed by atoms with Crippen LogP contribution in [-0.2, 0) is 0 Å². The molecule has 0 aromatic heterocycles. The van der Waals surface area contributed by atoms with E-state index in [1.54, 1.807) is 0 Å². The predicted octanol–water partition coefficient (Wildman–Crippen LogP) is 4.11. The lowest BCUT2D eigenvalue weighted by Crippen LogP contribution is -2.24. The van der Waals surface area contributed by atoms with Crippen molar-refractivity contribution in [2.45, 2.75) is 53.9 Å². The molecule has 0 fully saturated rings. The molecule has 0 radical (unpaired) electrons. The zero-order chi connectivity index (χ0) is 10.2. The van der Waals surface area contributed by atoms with Crippen LogP contribution in [0.5, 0.6) is 0 Å². The van der Waals surface area contributed by atoms with E-state index in [0.29, 0.717) is 5.41 Å². The van der Waals surface area contributed by atoms with Gasteiger partial charge in [-0.1, -0.05) is 53.9 Å². The van der Waals surface area contributed by atoms with Crippen molar-refractivity contribution in [2.75, 3.05) is 0 Å². The van der Waals surface area contributed by atoms with E-state index in [1.165, 1.54) is 19.3 Å². The first-order valence-corrected chi connectivity index (χ1v) is 4.96. The molecule has 0 saturated heterocycles. The lowest BCUT2D eigenvalue weighted by atomic mass is 9.71. The lowest BCUT2D eigenvalue weighted by molar-refractivity contribution is 0.162. The summed E-state index contributed by atoms with van der Waals surface area (Å²) in [5.41, 5.74) is 0.625. The number of rotatable bonds is 4. The van der Waals surface area contributed by atoms with Crippen LogP contribution in [0.3, 0.4) is 0 Å². The summed E-state index contributed by atoms with van der Waals surface area (Å²) in [4.78, 5) is 0. The Hall–Kier alpha value is -0.440. The van der Waals surface area contributed by atoms with Crippen LogP contribution in [-0.4, -0.2) is 0 Å². The summed E-state index contributed by atoms with van der Waals surface area (Å²) in [6.07, 6.45) is 12.0. The number of hydrogen-bond acceptors (Lipinski definition) is 0. The van der Waals surface area contributed by atoms with Crippen molar-refractivity contribution < 1.29 is 0 Å². The van der Waals surface area contributed by atoms with Crippen LogP contribution in [0.1, 0.15) is 53.9 Å². The molecule has 0 amide bonds. The Balaban J connectivity index is 0. The maximum absolute atomic E-state index is 4.00. The minimum Gasteiger partial charge on any atom is -0.124 e. The van der Waals surface area contributed by atoms with E-state index in [4.69, 9.17) is 0 Å². The van der Waals surface area contributed by atoms with Crippen LogP contribution in [0.2, 0.25) is 0 Å². The highest BCUT2D eigenvalue weighted by Crippen LogP contribution is 2.37. The second-order valence-electron chi connectivity index (χ2n) is 3.58. The molecule has 0 heteroatoms. The average molecular weight is 168 g/mol. The minimum atomic E-state index is 0.625. The van der Waals surface area contributed by atoms with Gasteiger partial charge >= 0.3 is 0 Å².